The normalized spacial score (nSPS) is 26.6. The summed E-state index contributed by atoms with van der Waals surface area (Å²) in [4.78, 5) is 29.4. The van der Waals surface area contributed by atoms with Gasteiger partial charge in [-0.15, -0.1) is 4.36 Å². The van der Waals surface area contributed by atoms with E-state index in [1.165, 1.54) is 11.1 Å². The third kappa shape index (κ3) is 8.97. The summed E-state index contributed by atoms with van der Waals surface area (Å²) in [6.07, 6.45) is 13.7. The van der Waals surface area contributed by atoms with Gasteiger partial charge in [-0.05, 0) is 110 Å². The summed E-state index contributed by atoms with van der Waals surface area (Å²) < 4.78 is 35.5. The van der Waals surface area contributed by atoms with E-state index in [1.807, 2.05) is 38.4 Å². The number of methoxy groups -OCH3 is 1. The molecule has 10 nitrogen and oxygen atoms in total. The average molecular weight is 722 g/mol. The number of rotatable bonds is 5. The average Bonchev–Trinajstić information content (AvgIpc) is 3.48. The number of halogens is 1. The Bertz CT molecular complexity index is 1850. The van der Waals surface area contributed by atoms with Gasteiger partial charge < -0.3 is 14.4 Å². The van der Waals surface area contributed by atoms with Crippen LogP contribution in [0.15, 0.2) is 65.3 Å². The van der Waals surface area contributed by atoms with Crippen molar-refractivity contribution in [2.24, 2.45) is 29.2 Å². The molecule has 12 heteroatoms. The molecule has 2 bridgehead atoms. The van der Waals surface area contributed by atoms with E-state index in [1.54, 1.807) is 24.1 Å². The first-order valence-electron chi connectivity index (χ1n) is 17.6. The maximum Gasteiger partial charge on any atom is 0.286 e. The first kappa shape index (κ1) is 36.1. The molecular weight excluding hydrogens is 674 g/mol. The number of amides is 2. The topological polar surface area (TPSA) is 115 Å². The van der Waals surface area contributed by atoms with Gasteiger partial charge in [0.1, 0.15) is 15.7 Å². The predicted molar refractivity (Wildman–Crippen MR) is 197 cm³/mol. The third-order valence-electron chi connectivity index (χ3n) is 10.1. The number of carbonyl (C=O) groups is 2. The van der Waals surface area contributed by atoms with E-state index >= 15 is 0 Å². The van der Waals surface area contributed by atoms with Crippen molar-refractivity contribution in [1.29, 1.82) is 0 Å². The number of fused-ring (bicyclic) bond motifs is 3. The summed E-state index contributed by atoms with van der Waals surface area (Å²) in [6.45, 7) is 3.84. The van der Waals surface area contributed by atoms with E-state index in [4.69, 9.17) is 21.1 Å². The van der Waals surface area contributed by atoms with Gasteiger partial charge in [0.2, 0.25) is 5.91 Å². The minimum atomic E-state index is -3.47. The van der Waals surface area contributed by atoms with Crippen LogP contribution >= 0.6 is 11.6 Å². The van der Waals surface area contributed by atoms with Crippen molar-refractivity contribution < 1.29 is 23.3 Å². The lowest BCUT2D eigenvalue weighted by atomic mass is 9.70. The lowest BCUT2D eigenvalue weighted by molar-refractivity contribution is -0.119. The van der Waals surface area contributed by atoms with Crippen LogP contribution in [-0.4, -0.2) is 57.9 Å². The van der Waals surface area contributed by atoms with Gasteiger partial charge in [0, 0.05) is 50.5 Å². The fourth-order valence-electron chi connectivity index (χ4n) is 7.26. The van der Waals surface area contributed by atoms with Gasteiger partial charge in [0.15, 0.2) is 0 Å². The van der Waals surface area contributed by atoms with Gasteiger partial charge in [-0.1, -0.05) is 36.7 Å². The Hall–Kier alpha value is -3.67. The Morgan fingerprint density at radius 2 is 2.02 bits per heavy atom. The molecule has 5 atom stereocenters. The molecule has 6 rings (SSSR count). The highest BCUT2D eigenvalue weighted by atomic mass is 35.5. The third-order valence-corrected chi connectivity index (χ3v) is 12.3. The molecule has 268 valence electrons. The SMILES string of the molecule is CO[C@H]1/C=C/C[C@H](C)CS(=O)(NC(=O)CCc2cnn(C)c2)=NC(=O)c2ccc3c(c2)N(Cc2ccc(Cl)cc2CCCCO3)C[C@@H]2CC[C@H]21. The molecule has 3 heterocycles. The number of anilines is 1. The van der Waals surface area contributed by atoms with Crippen molar-refractivity contribution in [3.63, 3.8) is 0 Å². The minimum Gasteiger partial charge on any atom is -0.491 e. The number of benzene rings is 2. The fraction of sp³-hybridized carbons (Fsp3) is 0.500. The van der Waals surface area contributed by atoms with E-state index in [9.17, 15) is 13.8 Å². The first-order valence-corrected chi connectivity index (χ1v) is 19.7. The second-order valence-electron chi connectivity index (χ2n) is 14.0. The molecular formula is C38H48ClN5O5S. The highest BCUT2D eigenvalue weighted by molar-refractivity contribution is 7.92. The van der Waals surface area contributed by atoms with Crippen molar-refractivity contribution in [1.82, 2.24) is 14.5 Å². The zero-order valence-corrected chi connectivity index (χ0v) is 30.8. The summed E-state index contributed by atoms with van der Waals surface area (Å²) in [5, 5.41) is 4.88. The molecule has 0 spiro atoms. The number of hydrogen-bond acceptors (Lipinski definition) is 7. The van der Waals surface area contributed by atoms with Crippen LogP contribution in [0.2, 0.25) is 5.02 Å². The summed E-state index contributed by atoms with van der Waals surface area (Å²) in [5.74, 6) is 0.234. The maximum absolute atomic E-state index is 14.4. The molecule has 2 aromatic carbocycles. The second kappa shape index (κ2) is 16.1. The standard InChI is InChI=1S/C38H48ClN5O5S/c1-26-7-6-9-35(48-3)33-15-12-31(33)24-44-23-30-11-14-32(39)19-28(30)8-4-5-18-49-36-16-13-29(20-34(36)44)38(46)42-50(47,25-26)41-37(45)17-10-27-21-40-43(2)22-27/h6,9,11,13-14,16,19-22,26,31,33,35H,4-5,7-8,10,12,15,17-18,23-25H2,1-3H3,(H,41,42,45,46,47)/b9-6+/t26-,31-,33+,35-,50?/m0/s1. The van der Waals surface area contributed by atoms with Crippen LogP contribution in [0.3, 0.4) is 0 Å². The highest BCUT2D eigenvalue weighted by Crippen LogP contribution is 2.42. The van der Waals surface area contributed by atoms with Crippen molar-refractivity contribution >= 4 is 39.0 Å². The number of ether oxygens (including phenoxy) is 2. The largest absolute Gasteiger partial charge is 0.491 e. The van der Waals surface area contributed by atoms with Crippen LogP contribution in [0.25, 0.3) is 0 Å². The molecule has 1 N–H and O–H groups in total. The van der Waals surface area contributed by atoms with Gasteiger partial charge in [-0.3, -0.25) is 19.0 Å². The molecule has 1 aromatic heterocycles. The Labute approximate surface area is 300 Å². The Morgan fingerprint density at radius 1 is 1.16 bits per heavy atom. The quantitative estimate of drug-likeness (QED) is 0.292. The Kier molecular flexibility index (Phi) is 11.7. The van der Waals surface area contributed by atoms with Crippen LogP contribution in [0.1, 0.15) is 72.5 Å². The van der Waals surface area contributed by atoms with E-state index in [0.29, 0.717) is 54.2 Å². The Morgan fingerprint density at radius 3 is 2.78 bits per heavy atom. The van der Waals surface area contributed by atoms with Crippen molar-refractivity contribution in [3.8, 4) is 5.75 Å². The number of hydrogen-bond donors (Lipinski definition) is 1. The molecule has 3 aliphatic rings. The van der Waals surface area contributed by atoms with Gasteiger partial charge in [0.25, 0.3) is 5.91 Å². The van der Waals surface area contributed by atoms with Crippen molar-refractivity contribution in [2.75, 3.05) is 30.9 Å². The summed E-state index contributed by atoms with van der Waals surface area (Å²) in [5.41, 5.74) is 4.37. The van der Waals surface area contributed by atoms with Gasteiger partial charge in [-0.25, -0.2) is 4.21 Å². The van der Waals surface area contributed by atoms with Crippen LogP contribution in [0.5, 0.6) is 5.75 Å². The van der Waals surface area contributed by atoms with E-state index in [0.717, 1.165) is 49.9 Å². The minimum absolute atomic E-state index is 0.0327. The Balaban J connectivity index is 1.39. The molecule has 1 fully saturated rings. The molecule has 1 aliphatic carbocycles. The van der Waals surface area contributed by atoms with Crippen LogP contribution in [-0.2, 0) is 45.9 Å². The lowest BCUT2D eigenvalue weighted by Gasteiger charge is -2.43. The van der Waals surface area contributed by atoms with Crippen LogP contribution in [0, 0.1) is 17.8 Å². The number of nitrogens with zero attached hydrogens (tertiary/aromatic N) is 4. The second-order valence-corrected chi connectivity index (χ2v) is 16.4. The first-order chi connectivity index (χ1) is 24.1. The number of carbonyl (C=O) groups excluding carboxylic acids is 2. The monoisotopic (exact) mass is 721 g/mol. The zero-order valence-electron chi connectivity index (χ0n) is 29.2. The van der Waals surface area contributed by atoms with Gasteiger partial charge in [-0.2, -0.15) is 5.10 Å². The molecule has 50 heavy (non-hydrogen) atoms. The lowest BCUT2D eigenvalue weighted by Crippen LogP contribution is -2.43. The van der Waals surface area contributed by atoms with E-state index in [-0.39, 0.29) is 24.2 Å². The molecule has 1 saturated carbocycles. The molecule has 0 saturated heterocycles. The summed E-state index contributed by atoms with van der Waals surface area (Å²) in [6, 6.07) is 11.4. The zero-order chi connectivity index (χ0) is 35.3. The molecule has 0 radical (unpaired) electrons. The number of nitrogens with one attached hydrogen (secondary N) is 1. The smallest absolute Gasteiger partial charge is 0.286 e. The summed E-state index contributed by atoms with van der Waals surface area (Å²) in [7, 11) is 0.105. The number of aryl methyl sites for hydroxylation is 3. The number of aromatic nitrogens is 2. The maximum atomic E-state index is 14.4. The van der Waals surface area contributed by atoms with Crippen molar-refractivity contribution in [3.05, 3.63) is 88.2 Å². The van der Waals surface area contributed by atoms with E-state index < -0.39 is 21.7 Å². The number of allylic oxidation sites excluding steroid dienone is 1. The van der Waals surface area contributed by atoms with E-state index in [2.05, 4.69) is 43.4 Å². The highest BCUT2D eigenvalue weighted by Gasteiger charge is 2.38. The van der Waals surface area contributed by atoms with Crippen molar-refractivity contribution in [2.45, 2.75) is 70.9 Å². The summed E-state index contributed by atoms with van der Waals surface area (Å²) >= 11 is 6.46. The predicted octanol–water partition coefficient (Wildman–Crippen LogP) is 6.70. The van der Waals surface area contributed by atoms with Gasteiger partial charge >= 0.3 is 0 Å². The molecule has 3 aromatic rings. The van der Waals surface area contributed by atoms with Crippen LogP contribution in [0.4, 0.5) is 5.69 Å². The van der Waals surface area contributed by atoms with Gasteiger partial charge in [0.05, 0.1) is 30.3 Å². The molecule has 2 amide bonds. The fourth-order valence-corrected chi connectivity index (χ4v) is 9.40. The molecule has 2 aliphatic heterocycles. The van der Waals surface area contributed by atoms with Crippen LogP contribution < -0.4 is 14.4 Å². The molecule has 1 unspecified atom stereocenters.